The number of carbonyl (C=O) groups excluding carboxylic acids is 3. The van der Waals surface area contributed by atoms with Crippen LogP contribution in [0.1, 0.15) is 46.8 Å². The van der Waals surface area contributed by atoms with Gasteiger partial charge in [0.05, 0.1) is 5.56 Å². The molecule has 0 fully saturated rings. The van der Waals surface area contributed by atoms with Gasteiger partial charge in [-0.05, 0) is 43.5 Å². The lowest BCUT2D eigenvalue weighted by Crippen LogP contribution is -2.50. The monoisotopic (exact) mass is 547 g/mol. The van der Waals surface area contributed by atoms with Crippen molar-refractivity contribution in [1.82, 2.24) is 14.5 Å². The van der Waals surface area contributed by atoms with Crippen molar-refractivity contribution in [3.05, 3.63) is 101 Å². The average molecular weight is 548 g/mol. The van der Waals surface area contributed by atoms with Crippen LogP contribution in [0.25, 0.3) is 0 Å². The standard InChI is InChI=1S/C30H33N3O5S/c1-3-31-29(35)26(20-23-12-5-4-6-13-23)32(21-24-14-9-11-22(2)19-24)28(34)17-10-18-33-30(36)25-15-7-8-16-27(25)39(33,37)38/h4-9,11-16,19,26H,3,10,17-18,20-21H2,1-2H3,(H,31,35)/t26-/m1/s1. The molecule has 0 spiro atoms. The number of aryl methyl sites for hydroxylation is 1. The molecule has 1 atom stereocenters. The number of carbonyl (C=O) groups is 3. The second kappa shape index (κ2) is 12.3. The minimum atomic E-state index is -3.95. The Morgan fingerprint density at radius 1 is 0.949 bits per heavy atom. The number of rotatable bonds is 11. The molecule has 0 bridgehead atoms. The van der Waals surface area contributed by atoms with Crippen molar-refractivity contribution in [3.63, 3.8) is 0 Å². The van der Waals surface area contributed by atoms with Crippen LogP contribution in [0.15, 0.2) is 83.8 Å². The Hall–Kier alpha value is -3.98. The van der Waals surface area contributed by atoms with Crippen LogP contribution in [-0.4, -0.2) is 54.5 Å². The molecule has 204 valence electrons. The molecule has 0 radical (unpaired) electrons. The van der Waals surface area contributed by atoms with Gasteiger partial charge in [0.15, 0.2) is 0 Å². The van der Waals surface area contributed by atoms with Crippen LogP contribution in [0.5, 0.6) is 0 Å². The summed E-state index contributed by atoms with van der Waals surface area (Å²) in [6.07, 6.45) is 0.445. The Labute approximate surface area is 229 Å². The maximum atomic E-state index is 13.7. The van der Waals surface area contributed by atoms with Crippen LogP contribution in [0.4, 0.5) is 0 Å². The zero-order valence-electron chi connectivity index (χ0n) is 22.2. The van der Waals surface area contributed by atoms with Crippen molar-refractivity contribution < 1.29 is 22.8 Å². The largest absolute Gasteiger partial charge is 0.355 e. The Kier molecular flexibility index (Phi) is 8.81. The van der Waals surface area contributed by atoms with Crippen molar-refractivity contribution in [2.75, 3.05) is 13.1 Å². The number of nitrogens with one attached hydrogen (secondary N) is 1. The normalized spacial score (nSPS) is 14.5. The molecule has 39 heavy (non-hydrogen) atoms. The van der Waals surface area contributed by atoms with Gasteiger partial charge in [0.1, 0.15) is 10.9 Å². The fourth-order valence-corrected chi connectivity index (χ4v) is 6.43. The SMILES string of the molecule is CCNC(=O)[C@@H](Cc1ccccc1)N(Cc1cccc(C)c1)C(=O)CCCN1C(=O)c2ccccc2S1(=O)=O. The number of sulfonamides is 1. The van der Waals surface area contributed by atoms with Crippen molar-refractivity contribution >= 4 is 27.7 Å². The predicted octanol–water partition coefficient (Wildman–Crippen LogP) is 3.70. The zero-order valence-corrected chi connectivity index (χ0v) is 23.0. The third-order valence-corrected chi connectivity index (χ3v) is 8.56. The Bertz CT molecular complexity index is 1460. The fraction of sp³-hybridized carbons (Fsp3) is 0.300. The number of benzene rings is 3. The summed E-state index contributed by atoms with van der Waals surface area (Å²) in [5.74, 6) is -1.13. The highest BCUT2D eigenvalue weighted by Gasteiger charge is 2.40. The Balaban J connectivity index is 1.55. The van der Waals surface area contributed by atoms with Gasteiger partial charge in [-0.15, -0.1) is 0 Å². The molecule has 0 unspecified atom stereocenters. The van der Waals surface area contributed by atoms with Crippen LogP contribution < -0.4 is 5.32 Å². The van der Waals surface area contributed by atoms with E-state index in [1.807, 2.05) is 68.4 Å². The van der Waals surface area contributed by atoms with E-state index in [9.17, 15) is 22.8 Å². The number of hydrogen-bond donors (Lipinski definition) is 1. The van der Waals surface area contributed by atoms with E-state index < -0.39 is 22.0 Å². The summed E-state index contributed by atoms with van der Waals surface area (Å²) < 4.78 is 26.6. The van der Waals surface area contributed by atoms with Gasteiger partial charge in [-0.25, -0.2) is 12.7 Å². The third kappa shape index (κ3) is 6.37. The van der Waals surface area contributed by atoms with E-state index in [-0.39, 0.29) is 48.2 Å². The number of nitrogens with zero attached hydrogens (tertiary/aromatic N) is 2. The van der Waals surface area contributed by atoms with Crippen molar-refractivity contribution in [2.24, 2.45) is 0 Å². The van der Waals surface area contributed by atoms with Crippen molar-refractivity contribution in [1.29, 1.82) is 0 Å². The summed E-state index contributed by atoms with van der Waals surface area (Å²) in [4.78, 5) is 41.3. The van der Waals surface area contributed by atoms with E-state index in [0.717, 1.165) is 21.0 Å². The highest BCUT2D eigenvalue weighted by Crippen LogP contribution is 2.30. The first kappa shape index (κ1) is 28.0. The van der Waals surface area contributed by atoms with E-state index in [2.05, 4.69) is 5.32 Å². The summed E-state index contributed by atoms with van der Waals surface area (Å²) in [6, 6.07) is 22.6. The fourth-order valence-electron chi connectivity index (χ4n) is 4.82. The molecule has 0 saturated heterocycles. The summed E-state index contributed by atoms with van der Waals surface area (Å²) in [5.41, 5.74) is 2.99. The average Bonchev–Trinajstić information content (AvgIpc) is 3.12. The van der Waals surface area contributed by atoms with Gasteiger partial charge in [-0.1, -0.05) is 72.3 Å². The molecule has 1 aliphatic rings. The molecule has 4 rings (SSSR count). The first-order valence-corrected chi connectivity index (χ1v) is 14.5. The van der Waals surface area contributed by atoms with Gasteiger partial charge in [0.2, 0.25) is 11.8 Å². The second-order valence-corrected chi connectivity index (χ2v) is 11.4. The Morgan fingerprint density at radius 2 is 1.64 bits per heavy atom. The lowest BCUT2D eigenvalue weighted by Gasteiger charge is -2.32. The van der Waals surface area contributed by atoms with Gasteiger partial charge in [-0.2, -0.15) is 0 Å². The molecule has 8 nitrogen and oxygen atoms in total. The van der Waals surface area contributed by atoms with Crippen molar-refractivity contribution in [2.45, 2.75) is 50.6 Å². The van der Waals surface area contributed by atoms with E-state index >= 15 is 0 Å². The summed E-state index contributed by atoms with van der Waals surface area (Å²) in [6.45, 7) is 4.32. The Morgan fingerprint density at radius 3 is 2.33 bits per heavy atom. The second-order valence-electron chi connectivity index (χ2n) is 9.59. The van der Waals surface area contributed by atoms with Crippen LogP contribution in [0.2, 0.25) is 0 Å². The molecule has 1 N–H and O–H groups in total. The minimum absolute atomic E-state index is 0.0124. The number of hydrogen-bond acceptors (Lipinski definition) is 5. The smallest absolute Gasteiger partial charge is 0.269 e. The number of amides is 3. The molecule has 0 aliphatic carbocycles. The molecule has 3 amide bonds. The van der Waals surface area contributed by atoms with E-state index in [1.165, 1.54) is 12.1 Å². The van der Waals surface area contributed by atoms with E-state index in [4.69, 9.17) is 0 Å². The molecular formula is C30H33N3O5S. The molecule has 3 aromatic carbocycles. The van der Waals surface area contributed by atoms with Gasteiger partial charge >= 0.3 is 0 Å². The maximum Gasteiger partial charge on any atom is 0.269 e. The number of likely N-dealkylation sites (N-methyl/N-ethyl adjacent to an activating group) is 1. The van der Waals surface area contributed by atoms with Crippen LogP contribution >= 0.6 is 0 Å². The number of fused-ring (bicyclic) bond motifs is 1. The molecular weight excluding hydrogens is 514 g/mol. The highest BCUT2D eigenvalue weighted by molar-refractivity contribution is 7.90. The summed E-state index contributed by atoms with van der Waals surface area (Å²) >= 11 is 0. The molecule has 0 aromatic heterocycles. The molecule has 9 heteroatoms. The van der Waals surface area contributed by atoms with Gasteiger partial charge in [0, 0.05) is 32.5 Å². The first-order chi connectivity index (χ1) is 18.7. The molecule has 0 saturated carbocycles. The lowest BCUT2D eigenvalue weighted by molar-refractivity contribution is -0.141. The van der Waals surface area contributed by atoms with Gasteiger partial charge < -0.3 is 10.2 Å². The van der Waals surface area contributed by atoms with E-state index in [1.54, 1.807) is 17.0 Å². The molecule has 3 aromatic rings. The first-order valence-electron chi connectivity index (χ1n) is 13.0. The quantitative estimate of drug-likeness (QED) is 0.394. The van der Waals surface area contributed by atoms with Crippen LogP contribution in [-0.2, 0) is 32.6 Å². The van der Waals surface area contributed by atoms with Crippen LogP contribution in [0, 0.1) is 6.92 Å². The van der Waals surface area contributed by atoms with Crippen LogP contribution in [0.3, 0.4) is 0 Å². The lowest BCUT2D eigenvalue weighted by atomic mass is 10.0. The van der Waals surface area contributed by atoms with E-state index in [0.29, 0.717) is 13.0 Å². The predicted molar refractivity (Wildman–Crippen MR) is 148 cm³/mol. The minimum Gasteiger partial charge on any atom is -0.355 e. The highest BCUT2D eigenvalue weighted by atomic mass is 32.2. The molecule has 1 heterocycles. The van der Waals surface area contributed by atoms with Gasteiger partial charge in [-0.3, -0.25) is 14.4 Å². The maximum absolute atomic E-state index is 13.7. The molecule has 1 aliphatic heterocycles. The topological polar surface area (TPSA) is 104 Å². The van der Waals surface area contributed by atoms with Crippen molar-refractivity contribution in [3.8, 4) is 0 Å². The third-order valence-electron chi connectivity index (χ3n) is 6.72. The summed E-state index contributed by atoms with van der Waals surface area (Å²) in [7, 11) is -3.95. The van der Waals surface area contributed by atoms with Gasteiger partial charge in [0.25, 0.3) is 15.9 Å². The zero-order chi connectivity index (χ0) is 28.0. The summed E-state index contributed by atoms with van der Waals surface area (Å²) in [5, 5.41) is 2.86.